The maximum Gasteiger partial charge on any atom is 0.184 e. The molecule has 40 heavy (non-hydrogen) atoms. The Kier molecular flexibility index (Phi) is 10.5. The standard InChI is InChI=1S/C34H37NO5/c36-34-33(39-25-29-19-11-4-12-20-29)32(38-24-28-17-9-3-10-18-28)31(37-23-27-15-7-2-8-16-27)30(40-34)22-35-21-26-13-5-1-6-14-26/h1-20,30-36H,21-25H2/t30-,31+,32+,33+,34?/m0/s1. The van der Waals surface area contributed by atoms with Crippen molar-refractivity contribution in [2.75, 3.05) is 6.54 Å². The smallest absolute Gasteiger partial charge is 0.184 e. The summed E-state index contributed by atoms with van der Waals surface area (Å²) in [7, 11) is 0. The number of aliphatic hydroxyl groups is 1. The zero-order valence-electron chi connectivity index (χ0n) is 22.5. The first kappa shape index (κ1) is 28.2. The molecule has 0 radical (unpaired) electrons. The van der Waals surface area contributed by atoms with Crippen LogP contribution >= 0.6 is 0 Å². The Morgan fingerprint density at radius 1 is 0.525 bits per heavy atom. The van der Waals surface area contributed by atoms with Crippen LogP contribution in [0.2, 0.25) is 0 Å². The molecule has 2 N–H and O–H groups in total. The quantitative estimate of drug-likeness (QED) is 0.242. The highest BCUT2D eigenvalue weighted by atomic mass is 16.7. The summed E-state index contributed by atoms with van der Waals surface area (Å²) < 4.78 is 25.5. The van der Waals surface area contributed by atoms with Gasteiger partial charge in [-0.1, -0.05) is 121 Å². The Morgan fingerprint density at radius 2 is 0.925 bits per heavy atom. The number of aliphatic hydroxyl groups excluding tert-OH is 1. The average Bonchev–Trinajstić information content (AvgIpc) is 3.01. The van der Waals surface area contributed by atoms with Crippen LogP contribution in [0.15, 0.2) is 121 Å². The van der Waals surface area contributed by atoms with Crippen molar-refractivity contribution in [1.82, 2.24) is 5.32 Å². The van der Waals surface area contributed by atoms with E-state index in [0.717, 1.165) is 16.7 Å². The lowest BCUT2D eigenvalue weighted by molar-refractivity contribution is -0.310. The zero-order chi connectivity index (χ0) is 27.4. The molecule has 0 aromatic heterocycles. The third kappa shape index (κ3) is 8.08. The Bertz CT molecular complexity index is 1240. The van der Waals surface area contributed by atoms with Gasteiger partial charge in [-0.05, 0) is 22.3 Å². The summed E-state index contributed by atoms with van der Waals surface area (Å²) in [4.78, 5) is 0. The van der Waals surface area contributed by atoms with Crippen molar-refractivity contribution in [1.29, 1.82) is 0 Å². The van der Waals surface area contributed by atoms with E-state index in [4.69, 9.17) is 18.9 Å². The highest BCUT2D eigenvalue weighted by molar-refractivity contribution is 5.16. The minimum absolute atomic E-state index is 0.319. The van der Waals surface area contributed by atoms with Gasteiger partial charge in [0.25, 0.3) is 0 Å². The van der Waals surface area contributed by atoms with Gasteiger partial charge in [-0.2, -0.15) is 0 Å². The van der Waals surface area contributed by atoms with Gasteiger partial charge in [-0.3, -0.25) is 0 Å². The summed E-state index contributed by atoms with van der Waals surface area (Å²) in [5.74, 6) is 0. The van der Waals surface area contributed by atoms with Crippen molar-refractivity contribution >= 4 is 0 Å². The van der Waals surface area contributed by atoms with Crippen LogP contribution in [-0.2, 0) is 45.3 Å². The van der Waals surface area contributed by atoms with Gasteiger partial charge in [0.15, 0.2) is 6.29 Å². The third-order valence-electron chi connectivity index (χ3n) is 6.98. The first-order valence-electron chi connectivity index (χ1n) is 13.8. The van der Waals surface area contributed by atoms with Crippen LogP contribution in [0.25, 0.3) is 0 Å². The van der Waals surface area contributed by atoms with Gasteiger partial charge >= 0.3 is 0 Å². The highest BCUT2D eigenvalue weighted by Gasteiger charge is 2.47. The first-order chi connectivity index (χ1) is 19.8. The van der Waals surface area contributed by atoms with E-state index in [-0.39, 0.29) is 0 Å². The molecule has 208 valence electrons. The molecule has 0 bridgehead atoms. The maximum atomic E-state index is 11.2. The Labute approximate surface area is 236 Å². The average molecular weight is 540 g/mol. The van der Waals surface area contributed by atoms with Gasteiger partial charge in [0.1, 0.15) is 24.4 Å². The van der Waals surface area contributed by atoms with Crippen molar-refractivity contribution in [2.24, 2.45) is 0 Å². The second-order valence-corrected chi connectivity index (χ2v) is 9.97. The van der Waals surface area contributed by atoms with Crippen LogP contribution in [0.1, 0.15) is 22.3 Å². The molecule has 6 nitrogen and oxygen atoms in total. The van der Waals surface area contributed by atoms with Crippen LogP contribution in [-0.4, -0.2) is 42.4 Å². The monoisotopic (exact) mass is 539 g/mol. The minimum atomic E-state index is -1.18. The van der Waals surface area contributed by atoms with E-state index in [0.29, 0.717) is 32.9 Å². The fourth-order valence-electron chi connectivity index (χ4n) is 4.88. The lowest BCUT2D eigenvalue weighted by atomic mass is 9.97. The fraction of sp³-hybridized carbons (Fsp3) is 0.294. The molecule has 0 amide bonds. The van der Waals surface area contributed by atoms with Gasteiger partial charge in [0, 0.05) is 13.1 Å². The second-order valence-electron chi connectivity index (χ2n) is 9.97. The normalized spacial score (nSPS) is 22.7. The van der Waals surface area contributed by atoms with E-state index in [1.165, 1.54) is 5.56 Å². The molecular weight excluding hydrogens is 502 g/mol. The van der Waals surface area contributed by atoms with Crippen LogP contribution < -0.4 is 5.32 Å². The van der Waals surface area contributed by atoms with Gasteiger partial charge in [0.2, 0.25) is 0 Å². The number of hydrogen-bond donors (Lipinski definition) is 2. The Morgan fingerprint density at radius 3 is 1.40 bits per heavy atom. The molecule has 1 heterocycles. The highest BCUT2D eigenvalue weighted by Crippen LogP contribution is 2.29. The molecule has 6 heteroatoms. The summed E-state index contributed by atoms with van der Waals surface area (Å²) >= 11 is 0. The SMILES string of the molecule is OC1O[C@@H](CNCc2ccccc2)[C@@H](OCc2ccccc2)[C@@H](OCc2ccccc2)[C@H]1OCc1ccccc1. The second kappa shape index (κ2) is 14.9. The lowest BCUT2D eigenvalue weighted by Crippen LogP contribution is -2.62. The molecule has 0 aliphatic carbocycles. The Balaban J connectivity index is 1.36. The molecule has 4 aromatic rings. The molecule has 0 saturated carbocycles. The summed E-state index contributed by atoms with van der Waals surface area (Å²) in [6.45, 7) is 2.21. The molecule has 1 saturated heterocycles. The van der Waals surface area contributed by atoms with E-state index in [1.807, 2.05) is 109 Å². The van der Waals surface area contributed by atoms with Crippen molar-refractivity contribution < 1.29 is 24.1 Å². The summed E-state index contributed by atoms with van der Waals surface area (Å²) in [5.41, 5.74) is 4.26. The van der Waals surface area contributed by atoms with Crippen LogP contribution in [0.4, 0.5) is 0 Å². The van der Waals surface area contributed by atoms with Crippen molar-refractivity contribution in [2.45, 2.75) is 57.1 Å². The van der Waals surface area contributed by atoms with Crippen LogP contribution in [0, 0.1) is 0 Å². The molecular formula is C34H37NO5. The van der Waals surface area contributed by atoms with Crippen LogP contribution in [0.3, 0.4) is 0 Å². The van der Waals surface area contributed by atoms with E-state index in [1.54, 1.807) is 0 Å². The summed E-state index contributed by atoms with van der Waals surface area (Å²) in [6, 6.07) is 40.1. The summed E-state index contributed by atoms with van der Waals surface area (Å²) in [6.07, 6.45) is -3.43. The van der Waals surface area contributed by atoms with Gasteiger partial charge in [-0.25, -0.2) is 0 Å². The van der Waals surface area contributed by atoms with E-state index >= 15 is 0 Å². The number of hydrogen-bond acceptors (Lipinski definition) is 6. The predicted octanol–water partition coefficient (Wildman–Crippen LogP) is 5.25. The Hall–Kier alpha value is -3.36. The topological polar surface area (TPSA) is 69.2 Å². The van der Waals surface area contributed by atoms with E-state index in [2.05, 4.69) is 17.4 Å². The molecule has 1 unspecified atom stereocenters. The number of benzene rings is 4. The number of rotatable bonds is 13. The molecule has 1 fully saturated rings. The van der Waals surface area contributed by atoms with Gasteiger partial charge in [0.05, 0.1) is 19.8 Å². The fourth-order valence-corrected chi connectivity index (χ4v) is 4.88. The van der Waals surface area contributed by atoms with Crippen molar-refractivity contribution in [3.05, 3.63) is 144 Å². The molecule has 1 aliphatic rings. The molecule has 5 atom stereocenters. The molecule has 1 aliphatic heterocycles. The zero-order valence-corrected chi connectivity index (χ0v) is 22.5. The van der Waals surface area contributed by atoms with Crippen molar-refractivity contribution in [3.63, 3.8) is 0 Å². The van der Waals surface area contributed by atoms with Gasteiger partial charge in [-0.15, -0.1) is 0 Å². The third-order valence-corrected chi connectivity index (χ3v) is 6.98. The van der Waals surface area contributed by atoms with Crippen molar-refractivity contribution in [3.8, 4) is 0 Å². The predicted molar refractivity (Wildman–Crippen MR) is 154 cm³/mol. The number of ether oxygens (including phenoxy) is 4. The largest absolute Gasteiger partial charge is 0.368 e. The molecule has 4 aromatic carbocycles. The molecule has 5 rings (SSSR count). The minimum Gasteiger partial charge on any atom is -0.368 e. The lowest BCUT2D eigenvalue weighted by Gasteiger charge is -2.44. The molecule has 0 spiro atoms. The van der Waals surface area contributed by atoms with Crippen LogP contribution in [0.5, 0.6) is 0 Å². The van der Waals surface area contributed by atoms with Gasteiger partial charge < -0.3 is 29.4 Å². The number of nitrogens with one attached hydrogen (secondary N) is 1. The van der Waals surface area contributed by atoms with E-state index < -0.39 is 30.7 Å². The summed E-state index contributed by atoms with van der Waals surface area (Å²) in [5, 5.41) is 14.7. The van der Waals surface area contributed by atoms with E-state index in [9.17, 15) is 5.11 Å². The maximum absolute atomic E-state index is 11.2. The first-order valence-corrected chi connectivity index (χ1v) is 13.8.